The van der Waals surface area contributed by atoms with Crippen LogP contribution in [0.5, 0.6) is 0 Å². The molecule has 1 saturated heterocycles. The third-order valence-corrected chi connectivity index (χ3v) is 5.64. The van der Waals surface area contributed by atoms with Crippen LogP contribution >= 0.6 is 0 Å². The number of piperidine rings is 1. The monoisotopic (exact) mass is 333 g/mol. The van der Waals surface area contributed by atoms with Gasteiger partial charge in [0, 0.05) is 31.3 Å². The van der Waals surface area contributed by atoms with E-state index in [0.717, 1.165) is 56.5 Å². The first kappa shape index (κ1) is 17.4. The maximum Gasteiger partial charge on any atom is 0.222 e. The number of amides is 1. The zero-order chi connectivity index (χ0) is 16.9. The first-order valence-electron chi connectivity index (χ1n) is 9.74. The molecule has 0 radical (unpaired) electrons. The normalized spacial score (nSPS) is 20.7. The maximum absolute atomic E-state index is 12.5. The third kappa shape index (κ3) is 4.37. The van der Waals surface area contributed by atoms with Crippen molar-refractivity contribution in [3.63, 3.8) is 0 Å². The molecule has 1 aromatic rings. The summed E-state index contributed by atoms with van der Waals surface area (Å²) >= 11 is 0. The average molecular weight is 333 g/mol. The highest BCUT2D eigenvalue weighted by molar-refractivity contribution is 5.76. The number of nitrogens with zero attached hydrogens (tertiary/aromatic N) is 3. The Kier molecular flexibility index (Phi) is 5.90. The summed E-state index contributed by atoms with van der Waals surface area (Å²) in [5.74, 6) is 3.18. The number of carbonyl (C=O) groups is 1. The van der Waals surface area contributed by atoms with Gasteiger partial charge in [0.1, 0.15) is 0 Å². The molecule has 0 N–H and O–H groups in total. The van der Waals surface area contributed by atoms with Crippen molar-refractivity contribution in [2.24, 2.45) is 5.92 Å². The first-order chi connectivity index (χ1) is 11.6. The minimum Gasteiger partial charge on any atom is -0.425 e. The van der Waals surface area contributed by atoms with Crippen molar-refractivity contribution in [3.05, 3.63) is 11.8 Å². The maximum atomic E-state index is 12.5. The lowest BCUT2D eigenvalue weighted by atomic mass is 9.86. The van der Waals surface area contributed by atoms with Crippen molar-refractivity contribution in [1.82, 2.24) is 15.1 Å². The Morgan fingerprint density at radius 3 is 2.46 bits per heavy atom. The molecule has 2 heterocycles. The molecular formula is C19H31N3O2. The van der Waals surface area contributed by atoms with Gasteiger partial charge in [-0.2, -0.15) is 0 Å². The van der Waals surface area contributed by atoms with Crippen molar-refractivity contribution < 1.29 is 9.21 Å². The van der Waals surface area contributed by atoms with Gasteiger partial charge in [0.2, 0.25) is 17.7 Å². The van der Waals surface area contributed by atoms with Gasteiger partial charge in [-0.1, -0.05) is 46.0 Å². The van der Waals surface area contributed by atoms with E-state index in [1.165, 1.54) is 32.1 Å². The van der Waals surface area contributed by atoms with Crippen LogP contribution in [0, 0.1) is 5.92 Å². The fourth-order valence-corrected chi connectivity index (χ4v) is 3.98. The van der Waals surface area contributed by atoms with Gasteiger partial charge < -0.3 is 9.32 Å². The van der Waals surface area contributed by atoms with Gasteiger partial charge >= 0.3 is 0 Å². The van der Waals surface area contributed by atoms with E-state index in [9.17, 15) is 4.79 Å². The molecule has 0 bridgehead atoms. The highest BCUT2D eigenvalue weighted by atomic mass is 16.4. The zero-order valence-corrected chi connectivity index (χ0v) is 15.2. The van der Waals surface area contributed by atoms with Crippen LogP contribution in [0.15, 0.2) is 4.42 Å². The van der Waals surface area contributed by atoms with Crippen molar-refractivity contribution in [2.45, 2.75) is 83.5 Å². The van der Waals surface area contributed by atoms with E-state index < -0.39 is 0 Å². The van der Waals surface area contributed by atoms with Crippen LogP contribution in [0.2, 0.25) is 0 Å². The predicted molar refractivity (Wildman–Crippen MR) is 92.8 cm³/mol. The van der Waals surface area contributed by atoms with E-state index in [2.05, 4.69) is 24.0 Å². The van der Waals surface area contributed by atoms with Gasteiger partial charge in [0.25, 0.3) is 0 Å². The number of hydrogen-bond donors (Lipinski definition) is 0. The summed E-state index contributed by atoms with van der Waals surface area (Å²) in [6, 6.07) is 0. The highest BCUT2D eigenvalue weighted by Crippen LogP contribution is 2.30. The van der Waals surface area contributed by atoms with Crippen LogP contribution in [0.3, 0.4) is 0 Å². The number of likely N-dealkylation sites (tertiary alicyclic amines) is 1. The summed E-state index contributed by atoms with van der Waals surface area (Å²) in [7, 11) is 0. The summed E-state index contributed by atoms with van der Waals surface area (Å²) in [5.41, 5.74) is 0. The number of rotatable bonds is 5. The van der Waals surface area contributed by atoms with Gasteiger partial charge in [-0.05, 0) is 25.2 Å². The van der Waals surface area contributed by atoms with E-state index in [1.807, 2.05) is 4.90 Å². The second-order valence-electron chi connectivity index (χ2n) is 7.83. The Morgan fingerprint density at radius 1 is 1.12 bits per heavy atom. The fourth-order valence-electron chi connectivity index (χ4n) is 3.98. The van der Waals surface area contributed by atoms with Gasteiger partial charge in [0.05, 0.1) is 0 Å². The van der Waals surface area contributed by atoms with E-state index in [1.54, 1.807) is 0 Å². The molecule has 1 amide bonds. The fraction of sp³-hybridized carbons (Fsp3) is 0.842. The molecule has 1 aliphatic carbocycles. The second kappa shape index (κ2) is 8.13. The number of hydrogen-bond acceptors (Lipinski definition) is 4. The zero-order valence-electron chi connectivity index (χ0n) is 15.2. The van der Waals surface area contributed by atoms with Crippen molar-refractivity contribution in [2.75, 3.05) is 13.1 Å². The lowest BCUT2D eigenvalue weighted by Crippen LogP contribution is -2.38. The molecule has 0 spiro atoms. The van der Waals surface area contributed by atoms with Gasteiger partial charge in [-0.3, -0.25) is 4.79 Å². The van der Waals surface area contributed by atoms with Crippen molar-refractivity contribution >= 4 is 5.91 Å². The smallest absolute Gasteiger partial charge is 0.222 e. The van der Waals surface area contributed by atoms with E-state index >= 15 is 0 Å². The Labute approximate surface area is 145 Å². The number of aromatic nitrogens is 2. The molecule has 1 aromatic heterocycles. The summed E-state index contributed by atoms with van der Waals surface area (Å²) < 4.78 is 5.78. The Balaban J connectivity index is 1.43. The molecule has 0 unspecified atom stereocenters. The summed E-state index contributed by atoms with van der Waals surface area (Å²) in [5, 5.41) is 8.34. The van der Waals surface area contributed by atoms with Crippen LogP contribution in [0.1, 0.15) is 95.3 Å². The van der Waals surface area contributed by atoms with Gasteiger partial charge in [-0.25, -0.2) is 0 Å². The molecule has 1 aliphatic heterocycles. The van der Waals surface area contributed by atoms with Crippen LogP contribution in [-0.4, -0.2) is 34.1 Å². The minimum atomic E-state index is 0.271. The highest BCUT2D eigenvalue weighted by Gasteiger charge is 2.28. The molecule has 5 nitrogen and oxygen atoms in total. The van der Waals surface area contributed by atoms with Crippen LogP contribution < -0.4 is 0 Å². The van der Waals surface area contributed by atoms with E-state index in [-0.39, 0.29) is 5.92 Å². The molecule has 5 heteroatoms. The lowest BCUT2D eigenvalue weighted by Gasteiger charge is -2.31. The lowest BCUT2D eigenvalue weighted by molar-refractivity contribution is -0.132. The molecule has 0 atom stereocenters. The largest absolute Gasteiger partial charge is 0.425 e. The average Bonchev–Trinajstić information content (AvgIpc) is 3.11. The van der Waals surface area contributed by atoms with Crippen molar-refractivity contribution in [1.29, 1.82) is 0 Å². The van der Waals surface area contributed by atoms with Crippen LogP contribution in [0.25, 0.3) is 0 Å². The molecule has 134 valence electrons. The summed E-state index contributed by atoms with van der Waals surface area (Å²) in [4.78, 5) is 14.5. The minimum absolute atomic E-state index is 0.271. The Bertz CT molecular complexity index is 526. The first-order valence-corrected chi connectivity index (χ1v) is 9.74. The number of carbonyl (C=O) groups excluding carboxylic acids is 1. The second-order valence-corrected chi connectivity index (χ2v) is 7.83. The molecular weight excluding hydrogens is 302 g/mol. The molecule has 24 heavy (non-hydrogen) atoms. The quantitative estimate of drug-likeness (QED) is 0.808. The summed E-state index contributed by atoms with van der Waals surface area (Å²) in [6.45, 7) is 5.77. The van der Waals surface area contributed by atoms with Crippen LogP contribution in [0.4, 0.5) is 0 Å². The molecule has 2 aliphatic rings. The van der Waals surface area contributed by atoms with Gasteiger partial charge in [-0.15, -0.1) is 10.2 Å². The third-order valence-electron chi connectivity index (χ3n) is 5.64. The molecule has 3 rings (SSSR count). The van der Waals surface area contributed by atoms with E-state index in [0.29, 0.717) is 11.8 Å². The predicted octanol–water partition coefficient (Wildman–Crippen LogP) is 4.26. The Morgan fingerprint density at radius 2 is 1.83 bits per heavy atom. The summed E-state index contributed by atoms with van der Waals surface area (Å²) in [6.07, 6.45) is 10.4. The standard InChI is InChI=1S/C19H31N3O2/c1-14(2)18-20-21-19(24-18)16-10-12-22(13-11-16)17(23)9-8-15-6-4-3-5-7-15/h14-16H,3-13H2,1-2H3. The topological polar surface area (TPSA) is 59.2 Å². The molecule has 1 saturated carbocycles. The molecule has 2 fully saturated rings. The molecule has 0 aromatic carbocycles. The SMILES string of the molecule is CC(C)c1nnc(C2CCN(C(=O)CCC3CCCCC3)CC2)o1. The van der Waals surface area contributed by atoms with E-state index in [4.69, 9.17) is 4.42 Å². The van der Waals surface area contributed by atoms with Gasteiger partial charge in [0.15, 0.2) is 0 Å². The van der Waals surface area contributed by atoms with Crippen LogP contribution in [-0.2, 0) is 4.79 Å². The Hall–Kier alpha value is -1.39. The van der Waals surface area contributed by atoms with Crippen molar-refractivity contribution in [3.8, 4) is 0 Å².